The van der Waals surface area contributed by atoms with E-state index in [1.165, 1.54) is 0 Å². The summed E-state index contributed by atoms with van der Waals surface area (Å²) >= 11 is 0. The minimum atomic E-state index is -5.98. The Morgan fingerprint density at radius 2 is 1.72 bits per heavy atom. The van der Waals surface area contributed by atoms with Crippen LogP contribution in [0.5, 0.6) is 0 Å². The molecule has 8 nitrogen and oxygen atoms in total. The molecule has 2 N–H and O–H groups in total. The standard InChI is InChI=1S/C14H18F2O8S/c15-14(16,25(20,21)22)12(18)23-6-10(17)24-11-8-1-7-2-9(11)5-13(19,3-7)4-8/h7-9,11,19H,1-6H2,(H,20,21,22). The summed E-state index contributed by atoms with van der Waals surface area (Å²) in [6.45, 7) is -1.19. The summed E-state index contributed by atoms with van der Waals surface area (Å²) in [6, 6.07) is 0. The van der Waals surface area contributed by atoms with Crippen molar-refractivity contribution in [3.05, 3.63) is 0 Å². The lowest BCUT2D eigenvalue weighted by Crippen LogP contribution is -2.58. The summed E-state index contributed by atoms with van der Waals surface area (Å²) in [6.07, 6.45) is 2.86. The Hall–Kier alpha value is -1.33. The second-order valence-corrected chi connectivity index (χ2v) is 8.68. The van der Waals surface area contributed by atoms with E-state index < -0.39 is 45.6 Å². The van der Waals surface area contributed by atoms with Crippen LogP contribution in [0, 0.1) is 17.8 Å². The second kappa shape index (κ2) is 5.85. The van der Waals surface area contributed by atoms with Crippen molar-refractivity contribution in [2.24, 2.45) is 17.8 Å². The van der Waals surface area contributed by atoms with Gasteiger partial charge in [0.05, 0.1) is 5.60 Å². The molecule has 2 unspecified atom stereocenters. The Labute approximate surface area is 142 Å². The second-order valence-electron chi connectivity index (χ2n) is 7.22. The minimum Gasteiger partial charge on any atom is -0.459 e. The van der Waals surface area contributed by atoms with Crippen LogP contribution in [0.15, 0.2) is 0 Å². The first-order valence-electron chi connectivity index (χ1n) is 7.85. The van der Waals surface area contributed by atoms with E-state index in [1.807, 2.05) is 0 Å². The Kier molecular flexibility index (Phi) is 4.32. The van der Waals surface area contributed by atoms with E-state index in [2.05, 4.69) is 4.74 Å². The van der Waals surface area contributed by atoms with E-state index in [0.717, 1.165) is 19.3 Å². The monoisotopic (exact) mass is 384 g/mol. The number of rotatable bonds is 5. The highest BCUT2D eigenvalue weighted by atomic mass is 32.2. The molecule has 2 atom stereocenters. The smallest absolute Gasteiger partial charge is 0.459 e. The zero-order chi connectivity index (χ0) is 18.6. The van der Waals surface area contributed by atoms with Gasteiger partial charge in [-0.3, -0.25) is 4.55 Å². The van der Waals surface area contributed by atoms with Crippen molar-refractivity contribution in [3.63, 3.8) is 0 Å². The lowest BCUT2D eigenvalue weighted by molar-refractivity contribution is -0.202. The summed E-state index contributed by atoms with van der Waals surface area (Å²) in [5.74, 6) is -3.32. The molecule has 4 rings (SSSR count). The van der Waals surface area contributed by atoms with Crippen LogP contribution in [-0.2, 0) is 29.2 Å². The SMILES string of the molecule is O=C(COC(=O)C(F)(F)S(=O)(=O)O)OC1C2CC3CC1CC(O)(C3)C2. The number of carbonyl (C=O) groups excluding carboxylic acids is 2. The van der Waals surface area contributed by atoms with Gasteiger partial charge in [0, 0.05) is 0 Å². The molecule has 0 aliphatic heterocycles. The molecule has 0 aromatic carbocycles. The van der Waals surface area contributed by atoms with Crippen LogP contribution in [0.25, 0.3) is 0 Å². The van der Waals surface area contributed by atoms with E-state index >= 15 is 0 Å². The van der Waals surface area contributed by atoms with Crippen LogP contribution < -0.4 is 0 Å². The van der Waals surface area contributed by atoms with Gasteiger partial charge < -0.3 is 14.6 Å². The van der Waals surface area contributed by atoms with Gasteiger partial charge in [-0.25, -0.2) is 9.59 Å². The minimum absolute atomic E-state index is 0.0323. The highest BCUT2D eigenvalue weighted by Gasteiger charge is 2.57. The van der Waals surface area contributed by atoms with Gasteiger partial charge in [-0.1, -0.05) is 0 Å². The first kappa shape index (κ1) is 18.5. The molecule has 0 radical (unpaired) electrons. The molecule has 4 aliphatic carbocycles. The Morgan fingerprint density at radius 3 is 2.20 bits per heavy atom. The average molecular weight is 384 g/mol. The summed E-state index contributed by atoms with van der Waals surface area (Å²) in [4.78, 5) is 22.8. The van der Waals surface area contributed by atoms with E-state index in [0.29, 0.717) is 18.8 Å². The van der Waals surface area contributed by atoms with Crippen molar-refractivity contribution in [1.82, 2.24) is 0 Å². The third-order valence-electron chi connectivity index (χ3n) is 5.30. The predicted octanol–water partition coefficient (Wildman–Crippen LogP) is 0.493. The number of carbonyl (C=O) groups is 2. The predicted molar refractivity (Wildman–Crippen MR) is 75.8 cm³/mol. The summed E-state index contributed by atoms with van der Waals surface area (Å²) in [5, 5.41) is 5.27. The highest BCUT2D eigenvalue weighted by molar-refractivity contribution is 7.87. The lowest BCUT2D eigenvalue weighted by Gasteiger charge is -2.57. The maximum absolute atomic E-state index is 13.0. The number of alkyl halides is 2. The Morgan fingerprint density at radius 1 is 1.16 bits per heavy atom. The molecule has 0 heterocycles. The van der Waals surface area contributed by atoms with Gasteiger partial charge in [-0.15, -0.1) is 0 Å². The molecule has 0 amide bonds. The highest BCUT2D eigenvalue weighted by Crippen LogP contribution is 2.56. The number of hydrogen-bond acceptors (Lipinski definition) is 7. The van der Waals surface area contributed by atoms with Gasteiger partial charge in [-0.05, 0) is 49.9 Å². The third-order valence-corrected chi connectivity index (χ3v) is 6.12. The van der Waals surface area contributed by atoms with Crippen LogP contribution in [0.4, 0.5) is 8.78 Å². The van der Waals surface area contributed by atoms with Crippen LogP contribution in [-0.4, -0.2) is 53.6 Å². The molecular weight excluding hydrogens is 366 g/mol. The van der Waals surface area contributed by atoms with Gasteiger partial charge in [-0.2, -0.15) is 17.2 Å². The summed E-state index contributed by atoms with van der Waals surface area (Å²) in [7, 11) is -5.98. The molecule has 11 heteroatoms. The first-order chi connectivity index (χ1) is 11.4. The van der Waals surface area contributed by atoms with Crippen molar-refractivity contribution < 1.29 is 45.9 Å². The zero-order valence-corrected chi connectivity index (χ0v) is 13.9. The molecule has 0 spiro atoms. The zero-order valence-electron chi connectivity index (χ0n) is 13.1. The van der Waals surface area contributed by atoms with E-state index in [9.17, 15) is 31.9 Å². The molecule has 4 saturated carbocycles. The number of aliphatic hydroxyl groups is 1. The topological polar surface area (TPSA) is 127 Å². The number of halogens is 2. The Balaban J connectivity index is 1.55. The van der Waals surface area contributed by atoms with Gasteiger partial charge in [0.2, 0.25) is 0 Å². The molecular formula is C14H18F2O8S. The van der Waals surface area contributed by atoms with Crippen LogP contribution in [0.2, 0.25) is 0 Å². The van der Waals surface area contributed by atoms with Crippen molar-refractivity contribution in [1.29, 1.82) is 0 Å². The molecule has 0 saturated heterocycles. The van der Waals surface area contributed by atoms with Gasteiger partial charge in [0.25, 0.3) is 0 Å². The van der Waals surface area contributed by atoms with E-state index in [-0.39, 0.29) is 11.8 Å². The van der Waals surface area contributed by atoms with Crippen LogP contribution in [0.3, 0.4) is 0 Å². The molecule has 4 bridgehead atoms. The summed E-state index contributed by atoms with van der Waals surface area (Å²) in [5.41, 5.74) is -0.733. The van der Waals surface area contributed by atoms with Gasteiger partial charge in [0.1, 0.15) is 6.10 Å². The molecule has 0 aromatic heterocycles. The van der Waals surface area contributed by atoms with Crippen molar-refractivity contribution >= 4 is 22.1 Å². The number of hydrogen-bond donors (Lipinski definition) is 2. The molecule has 0 aromatic rings. The molecule has 4 aliphatic rings. The third kappa shape index (κ3) is 3.36. The van der Waals surface area contributed by atoms with Gasteiger partial charge in [0.15, 0.2) is 6.61 Å². The Bertz CT molecular complexity index is 675. The maximum Gasteiger partial charge on any atom is 0.465 e. The number of esters is 2. The largest absolute Gasteiger partial charge is 0.465 e. The van der Waals surface area contributed by atoms with E-state index in [4.69, 9.17) is 9.29 Å². The first-order valence-corrected chi connectivity index (χ1v) is 9.29. The van der Waals surface area contributed by atoms with Crippen LogP contribution >= 0.6 is 0 Å². The fourth-order valence-electron chi connectivity index (χ4n) is 4.63. The average Bonchev–Trinajstić information content (AvgIpc) is 2.45. The maximum atomic E-state index is 13.0. The van der Waals surface area contributed by atoms with Crippen molar-refractivity contribution in [2.75, 3.05) is 6.61 Å². The van der Waals surface area contributed by atoms with Crippen molar-refractivity contribution in [2.45, 2.75) is 49.1 Å². The molecule has 25 heavy (non-hydrogen) atoms. The van der Waals surface area contributed by atoms with Crippen LogP contribution in [0.1, 0.15) is 32.1 Å². The number of ether oxygens (including phenoxy) is 2. The van der Waals surface area contributed by atoms with Gasteiger partial charge >= 0.3 is 27.3 Å². The quantitative estimate of drug-likeness (QED) is 0.518. The fourth-order valence-corrected chi connectivity index (χ4v) is 4.90. The van der Waals surface area contributed by atoms with E-state index in [1.54, 1.807) is 0 Å². The molecule has 4 fully saturated rings. The molecule has 142 valence electrons. The normalized spacial score (nSPS) is 37.0. The summed E-state index contributed by atoms with van der Waals surface area (Å²) < 4.78 is 64.4. The van der Waals surface area contributed by atoms with Crippen molar-refractivity contribution in [3.8, 4) is 0 Å². The lowest BCUT2D eigenvalue weighted by atomic mass is 9.53. The fraction of sp³-hybridized carbons (Fsp3) is 0.857.